The fraction of sp³-hybridized carbons (Fsp3) is 0.214. The Morgan fingerprint density at radius 2 is 1.83 bits per heavy atom. The number of nitrogens with zero attached hydrogens (tertiary/aromatic N) is 1. The molecule has 3 rings (SSSR count). The van der Waals surface area contributed by atoms with Crippen LogP contribution in [0.5, 0.6) is 0 Å². The van der Waals surface area contributed by atoms with Crippen molar-refractivity contribution in [2.24, 2.45) is 0 Å². The minimum Gasteiger partial charge on any atom is -0.256 e. The largest absolute Gasteiger partial charge is 0.256 e. The molecule has 0 amide bonds. The third kappa shape index (κ3) is 2.88. The van der Waals surface area contributed by atoms with Gasteiger partial charge in [-0.3, -0.25) is 4.98 Å². The van der Waals surface area contributed by atoms with Crippen LogP contribution in [0.2, 0.25) is 0 Å². The maximum absolute atomic E-state index is 4.49. The van der Waals surface area contributed by atoms with E-state index in [1.54, 1.807) is 0 Å². The SMILES string of the molecule is Cc1ccc2c(c1)CCc1cccnc1-2.S=S=S. The Bertz CT molecular complexity index is 602. The Hall–Kier alpha value is -0.970. The van der Waals surface area contributed by atoms with E-state index in [-0.39, 0.29) is 0 Å². The second-order valence-electron chi connectivity index (χ2n) is 4.24. The fourth-order valence-electron chi connectivity index (χ4n) is 2.31. The summed E-state index contributed by atoms with van der Waals surface area (Å²) in [5, 5.41) is 0. The first-order chi connectivity index (χ1) is 8.76. The van der Waals surface area contributed by atoms with Crippen LogP contribution in [-0.4, -0.2) is 4.98 Å². The molecule has 0 spiro atoms. The van der Waals surface area contributed by atoms with Gasteiger partial charge >= 0.3 is 0 Å². The molecule has 0 saturated carbocycles. The van der Waals surface area contributed by atoms with E-state index in [0.29, 0.717) is 0 Å². The highest BCUT2D eigenvalue weighted by Crippen LogP contribution is 2.31. The Morgan fingerprint density at radius 3 is 2.61 bits per heavy atom. The molecule has 0 unspecified atom stereocenters. The Balaban J connectivity index is 0.000000367. The second-order valence-corrected chi connectivity index (χ2v) is 6.01. The number of fused-ring (bicyclic) bond motifs is 3. The van der Waals surface area contributed by atoms with Gasteiger partial charge in [0.05, 0.1) is 5.69 Å². The third-order valence-corrected chi connectivity index (χ3v) is 3.07. The molecule has 0 atom stereocenters. The lowest BCUT2D eigenvalue weighted by Crippen LogP contribution is -2.05. The van der Waals surface area contributed by atoms with Crippen molar-refractivity contribution in [2.75, 3.05) is 0 Å². The average Bonchev–Trinajstić information content (AvgIpc) is 2.39. The minimum absolute atomic E-state index is 0.917. The second kappa shape index (κ2) is 6.27. The average molecular weight is 291 g/mol. The van der Waals surface area contributed by atoms with Crippen LogP contribution in [0.4, 0.5) is 0 Å². The van der Waals surface area contributed by atoms with E-state index in [2.05, 4.69) is 58.5 Å². The summed E-state index contributed by atoms with van der Waals surface area (Å²) in [6.07, 6.45) is 4.16. The number of aryl methyl sites for hydroxylation is 3. The van der Waals surface area contributed by atoms with Crippen molar-refractivity contribution in [1.29, 1.82) is 0 Å². The number of hydrogen-bond donors (Lipinski definition) is 0. The number of benzene rings is 1. The molecule has 0 saturated heterocycles. The van der Waals surface area contributed by atoms with Gasteiger partial charge in [0.15, 0.2) is 0 Å². The Morgan fingerprint density at radius 1 is 1.11 bits per heavy atom. The minimum atomic E-state index is 0.917. The smallest absolute Gasteiger partial charge is 0.0736 e. The molecule has 92 valence electrons. The van der Waals surface area contributed by atoms with Gasteiger partial charge in [0.25, 0.3) is 0 Å². The maximum atomic E-state index is 4.49. The quantitative estimate of drug-likeness (QED) is 0.740. The predicted octanol–water partition coefficient (Wildman–Crippen LogP) is 3.15. The van der Waals surface area contributed by atoms with Gasteiger partial charge in [-0.25, -0.2) is 0 Å². The highest BCUT2D eigenvalue weighted by atomic mass is 33.1. The molecule has 0 bridgehead atoms. The van der Waals surface area contributed by atoms with Crippen LogP contribution in [0.25, 0.3) is 11.3 Å². The fourth-order valence-corrected chi connectivity index (χ4v) is 2.31. The molecular formula is C14H13NS3. The van der Waals surface area contributed by atoms with Gasteiger partial charge in [0, 0.05) is 43.0 Å². The first kappa shape index (κ1) is 13.5. The highest BCUT2D eigenvalue weighted by Gasteiger charge is 2.15. The summed E-state index contributed by atoms with van der Waals surface area (Å²) in [6.45, 7) is 2.15. The van der Waals surface area contributed by atoms with E-state index in [9.17, 15) is 0 Å². The van der Waals surface area contributed by atoms with Crippen molar-refractivity contribution in [3.8, 4) is 11.3 Å². The zero-order valence-electron chi connectivity index (χ0n) is 10.1. The monoisotopic (exact) mass is 291 g/mol. The summed E-state index contributed by atoms with van der Waals surface area (Å²) in [6, 6.07) is 10.9. The van der Waals surface area contributed by atoms with Crippen LogP contribution in [0.3, 0.4) is 0 Å². The van der Waals surface area contributed by atoms with Gasteiger partial charge in [-0.05, 0) is 37.0 Å². The number of hydrogen-bond acceptors (Lipinski definition) is 3. The molecule has 1 aromatic carbocycles. The van der Waals surface area contributed by atoms with Crippen LogP contribution < -0.4 is 0 Å². The molecule has 0 radical (unpaired) electrons. The summed E-state index contributed by atoms with van der Waals surface area (Å²) in [7, 11) is 0.917. The lowest BCUT2D eigenvalue weighted by Gasteiger charge is -2.18. The molecule has 0 aliphatic heterocycles. The van der Waals surface area contributed by atoms with Gasteiger partial charge < -0.3 is 0 Å². The molecular weight excluding hydrogens is 278 g/mol. The van der Waals surface area contributed by atoms with Gasteiger partial charge in [-0.2, -0.15) is 0 Å². The zero-order valence-corrected chi connectivity index (χ0v) is 12.5. The summed E-state index contributed by atoms with van der Waals surface area (Å²) in [5.74, 6) is 0. The molecule has 0 N–H and O–H groups in total. The molecule has 1 nitrogen and oxygen atoms in total. The Labute approximate surface area is 120 Å². The first-order valence-corrected chi connectivity index (χ1v) is 8.38. The van der Waals surface area contributed by atoms with Crippen LogP contribution in [0, 0.1) is 6.92 Å². The van der Waals surface area contributed by atoms with E-state index in [4.69, 9.17) is 0 Å². The highest BCUT2D eigenvalue weighted by molar-refractivity contribution is 8.37. The van der Waals surface area contributed by atoms with Crippen LogP contribution in [0.1, 0.15) is 16.7 Å². The van der Waals surface area contributed by atoms with Crippen molar-refractivity contribution in [1.82, 2.24) is 4.98 Å². The van der Waals surface area contributed by atoms with E-state index in [1.165, 1.54) is 27.9 Å². The molecule has 0 fully saturated rings. The van der Waals surface area contributed by atoms with Crippen molar-refractivity contribution in [2.45, 2.75) is 19.8 Å². The van der Waals surface area contributed by atoms with Crippen LogP contribution >= 0.6 is 0 Å². The van der Waals surface area contributed by atoms with Crippen molar-refractivity contribution in [3.63, 3.8) is 0 Å². The maximum Gasteiger partial charge on any atom is 0.0736 e. The van der Waals surface area contributed by atoms with E-state index in [0.717, 1.165) is 21.7 Å². The summed E-state index contributed by atoms with van der Waals surface area (Å²) in [4.78, 5) is 4.49. The molecule has 1 heterocycles. The molecule has 18 heavy (non-hydrogen) atoms. The summed E-state index contributed by atoms with van der Waals surface area (Å²) < 4.78 is 0. The predicted molar refractivity (Wildman–Crippen MR) is 83.9 cm³/mol. The summed E-state index contributed by atoms with van der Waals surface area (Å²) in [5.41, 5.74) is 6.67. The zero-order chi connectivity index (χ0) is 13.0. The lowest BCUT2D eigenvalue weighted by atomic mass is 9.88. The standard InChI is InChI=1S/C14H13N.S3/c1-10-4-7-13-12(9-10)6-5-11-3-2-8-15-14(11)13;1-3-2/h2-4,7-9H,5-6H2,1H3;. The van der Waals surface area contributed by atoms with E-state index in [1.807, 2.05) is 12.3 Å². The van der Waals surface area contributed by atoms with Gasteiger partial charge in [0.1, 0.15) is 0 Å². The molecule has 1 aliphatic carbocycles. The topological polar surface area (TPSA) is 12.9 Å². The Kier molecular flexibility index (Phi) is 4.69. The van der Waals surface area contributed by atoms with Crippen LogP contribution in [-0.2, 0) is 44.1 Å². The van der Waals surface area contributed by atoms with Crippen molar-refractivity contribution < 1.29 is 0 Å². The molecule has 1 aromatic heterocycles. The van der Waals surface area contributed by atoms with Gasteiger partial charge in [-0.15, -0.1) is 0 Å². The van der Waals surface area contributed by atoms with E-state index < -0.39 is 0 Å². The van der Waals surface area contributed by atoms with Crippen LogP contribution in [0.15, 0.2) is 36.5 Å². The van der Waals surface area contributed by atoms with Gasteiger partial charge in [0.2, 0.25) is 0 Å². The van der Waals surface area contributed by atoms with Crippen molar-refractivity contribution in [3.05, 3.63) is 53.2 Å². The molecule has 1 aliphatic rings. The summed E-state index contributed by atoms with van der Waals surface area (Å²) >= 11 is 8.25. The number of pyridine rings is 1. The molecule has 2 aromatic rings. The number of rotatable bonds is 0. The van der Waals surface area contributed by atoms with Gasteiger partial charge in [-0.1, -0.05) is 29.8 Å². The normalized spacial score (nSPS) is 11.6. The number of aromatic nitrogens is 1. The lowest BCUT2D eigenvalue weighted by molar-refractivity contribution is 0.925. The first-order valence-electron chi connectivity index (χ1n) is 5.72. The molecule has 4 heteroatoms. The van der Waals surface area contributed by atoms with E-state index >= 15 is 0 Å². The van der Waals surface area contributed by atoms with Crippen molar-refractivity contribution >= 4 is 31.3 Å². The third-order valence-electron chi connectivity index (χ3n) is 3.07.